The molecule has 0 unspecified atom stereocenters. The first-order valence-electron chi connectivity index (χ1n) is 7.50. The van der Waals surface area contributed by atoms with Crippen molar-refractivity contribution in [1.29, 1.82) is 0 Å². The van der Waals surface area contributed by atoms with Gasteiger partial charge < -0.3 is 20.1 Å². The van der Waals surface area contributed by atoms with Crippen LogP contribution in [-0.2, 0) is 0 Å². The highest BCUT2D eigenvalue weighted by atomic mass is 16.5. The molecule has 0 aliphatic heterocycles. The van der Waals surface area contributed by atoms with Crippen LogP contribution in [0.1, 0.15) is 0 Å². The molecule has 0 bridgehead atoms. The highest BCUT2D eigenvalue weighted by Gasteiger charge is 2.11. The van der Waals surface area contributed by atoms with E-state index in [2.05, 4.69) is 16.0 Å². The molecule has 0 amide bonds. The number of nitrogens with zero attached hydrogens (tertiary/aromatic N) is 3. The molecule has 0 spiro atoms. The Balaban J connectivity index is 2.17. The van der Waals surface area contributed by atoms with Crippen LogP contribution in [0.2, 0.25) is 0 Å². The Morgan fingerprint density at radius 2 is 1.54 bits per heavy atom. The van der Waals surface area contributed by atoms with Gasteiger partial charge in [-0.05, 0) is 35.4 Å². The van der Waals surface area contributed by atoms with Crippen LogP contribution in [0.25, 0.3) is 22.0 Å². The number of benzene rings is 2. The number of hydrogen-bond donors (Lipinski definition) is 1. The van der Waals surface area contributed by atoms with E-state index in [-0.39, 0.29) is 5.95 Å². The molecule has 0 radical (unpaired) electrons. The molecular formula is C18H20N4O2. The summed E-state index contributed by atoms with van der Waals surface area (Å²) in [7, 11) is 7.12. The van der Waals surface area contributed by atoms with E-state index in [9.17, 15) is 0 Å². The molecule has 6 nitrogen and oxygen atoms in total. The maximum Gasteiger partial charge on any atom is 0.222 e. The molecule has 2 N–H and O–H groups in total. The van der Waals surface area contributed by atoms with Crippen LogP contribution in [0.5, 0.6) is 11.5 Å². The molecule has 0 atom stereocenters. The van der Waals surface area contributed by atoms with Gasteiger partial charge >= 0.3 is 0 Å². The number of methoxy groups -OCH3 is 2. The van der Waals surface area contributed by atoms with E-state index in [1.165, 1.54) is 0 Å². The molecule has 0 aliphatic rings. The Kier molecular flexibility index (Phi) is 4.12. The van der Waals surface area contributed by atoms with Gasteiger partial charge in [0.05, 0.1) is 19.7 Å². The fourth-order valence-electron chi connectivity index (χ4n) is 2.67. The number of nitrogens with two attached hydrogens (primary N) is 1. The number of ether oxygens (including phenoxy) is 2. The average molecular weight is 324 g/mol. The van der Waals surface area contributed by atoms with Crippen molar-refractivity contribution < 1.29 is 9.47 Å². The Morgan fingerprint density at radius 3 is 2.21 bits per heavy atom. The molecule has 24 heavy (non-hydrogen) atoms. The van der Waals surface area contributed by atoms with E-state index in [1.807, 2.05) is 49.3 Å². The number of nitrogen functional groups attached to an aromatic ring is 1. The highest BCUT2D eigenvalue weighted by molar-refractivity contribution is 5.93. The summed E-state index contributed by atoms with van der Waals surface area (Å²) in [6.07, 6.45) is 0. The van der Waals surface area contributed by atoms with Crippen molar-refractivity contribution in [2.75, 3.05) is 38.9 Å². The highest BCUT2D eigenvalue weighted by Crippen LogP contribution is 2.34. The van der Waals surface area contributed by atoms with Crippen molar-refractivity contribution in [1.82, 2.24) is 9.97 Å². The van der Waals surface area contributed by atoms with Crippen LogP contribution >= 0.6 is 0 Å². The van der Waals surface area contributed by atoms with Crippen LogP contribution in [0, 0.1) is 0 Å². The number of aromatic nitrogens is 2. The van der Waals surface area contributed by atoms with Crippen molar-refractivity contribution >= 4 is 22.7 Å². The van der Waals surface area contributed by atoms with Gasteiger partial charge in [-0.1, -0.05) is 12.1 Å². The number of anilines is 2. The summed E-state index contributed by atoms with van der Waals surface area (Å²) in [5.74, 6) is 2.45. The lowest BCUT2D eigenvalue weighted by molar-refractivity contribution is 0.355. The first kappa shape index (κ1) is 15.9. The second-order valence-corrected chi connectivity index (χ2v) is 5.60. The minimum absolute atomic E-state index is 0.269. The maximum absolute atomic E-state index is 5.80. The standard InChI is InChI=1S/C18H20N4O2/c1-22(2)17-13-9-11(5-7-14(13)20-18(19)21-17)12-6-8-15(23-3)16(10-12)24-4/h5-10H,1-4H3,(H2,19,20,21). The molecule has 3 rings (SSSR count). The predicted octanol–water partition coefficient (Wildman–Crippen LogP) is 2.96. The zero-order chi connectivity index (χ0) is 17.3. The number of rotatable bonds is 4. The quantitative estimate of drug-likeness (QED) is 0.795. The van der Waals surface area contributed by atoms with E-state index >= 15 is 0 Å². The third-order valence-electron chi connectivity index (χ3n) is 3.83. The van der Waals surface area contributed by atoms with Gasteiger partial charge in [-0.15, -0.1) is 0 Å². The summed E-state index contributed by atoms with van der Waals surface area (Å²) in [4.78, 5) is 10.6. The Bertz CT molecular complexity index is 894. The molecule has 1 aromatic heterocycles. The molecule has 1 heterocycles. The molecule has 2 aromatic carbocycles. The molecular weight excluding hydrogens is 304 g/mol. The van der Waals surface area contributed by atoms with Gasteiger partial charge in [0.25, 0.3) is 0 Å². The van der Waals surface area contributed by atoms with E-state index in [0.717, 1.165) is 27.8 Å². The van der Waals surface area contributed by atoms with Crippen LogP contribution in [0.15, 0.2) is 36.4 Å². The predicted molar refractivity (Wildman–Crippen MR) is 96.8 cm³/mol. The molecule has 0 aliphatic carbocycles. The lowest BCUT2D eigenvalue weighted by Crippen LogP contribution is -2.13. The summed E-state index contributed by atoms with van der Waals surface area (Å²) in [5.41, 5.74) is 8.68. The van der Waals surface area contributed by atoms with Gasteiger partial charge in [-0.3, -0.25) is 0 Å². The van der Waals surface area contributed by atoms with Crippen molar-refractivity contribution in [3.05, 3.63) is 36.4 Å². The van der Waals surface area contributed by atoms with Crippen molar-refractivity contribution in [3.8, 4) is 22.6 Å². The Morgan fingerprint density at radius 1 is 0.875 bits per heavy atom. The second-order valence-electron chi connectivity index (χ2n) is 5.60. The minimum Gasteiger partial charge on any atom is -0.493 e. The van der Waals surface area contributed by atoms with Crippen molar-refractivity contribution in [2.24, 2.45) is 0 Å². The average Bonchev–Trinajstić information content (AvgIpc) is 2.59. The Labute approximate surface area is 140 Å². The van der Waals surface area contributed by atoms with Gasteiger partial charge in [0, 0.05) is 19.5 Å². The smallest absolute Gasteiger partial charge is 0.222 e. The van der Waals surface area contributed by atoms with Crippen LogP contribution in [0.4, 0.5) is 11.8 Å². The first-order valence-corrected chi connectivity index (χ1v) is 7.50. The van der Waals surface area contributed by atoms with E-state index in [0.29, 0.717) is 11.5 Å². The minimum atomic E-state index is 0.269. The molecule has 0 saturated carbocycles. The monoisotopic (exact) mass is 324 g/mol. The zero-order valence-corrected chi connectivity index (χ0v) is 14.2. The normalized spacial score (nSPS) is 10.7. The van der Waals surface area contributed by atoms with Crippen molar-refractivity contribution in [3.63, 3.8) is 0 Å². The fourth-order valence-corrected chi connectivity index (χ4v) is 2.67. The summed E-state index contributed by atoms with van der Waals surface area (Å²) < 4.78 is 10.7. The topological polar surface area (TPSA) is 73.5 Å². The van der Waals surface area contributed by atoms with Crippen LogP contribution in [-0.4, -0.2) is 38.3 Å². The van der Waals surface area contributed by atoms with Gasteiger partial charge in [0.2, 0.25) is 5.95 Å². The van der Waals surface area contributed by atoms with Crippen molar-refractivity contribution in [2.45, 2.75) is 0 Å². The van der Waals surface area contributed by atoms with Gasteiger partial charge in [0.15, 0.2) is 11.5 Å². The Hall–Kier alpha value is -3.02. The van der Waals surface area contributed by atoms with E-state index in [4.69, 9.17) is 15.2 Å². The number of hydrogen-bond acceptors (Lipinski definition) is 6. The lowest BCUT2D eigenvalue weighted by Gasteiger charge is -2.15. The summed E-state index contributed by atoms with van der Waals surface area (Å²) in [5, 5.41) is 0.946. The third-order valence-corrected chi connectivity index (χ3v) is 3.83. The molecule has 3 aromatic rings. The zero-order valence-electron chi connectivity index (χ0n) is 14.2. The van der Waals surface area contributed by atoms with E-state index in [1.54, 1.807) is 14.2 Å². The molecule has 0 saturated heterocycles. The van der Waals surface area contributed by atoms with Crippen LogP contribution < -0.4 is 20.1 Å². The third kappa shape index (κ3) is 2.78. The summed E-state index contributed by atoms with van der Waals surface area (Å²) in [6, 6.07) is 11.9. The van der Waals surface area contributed by atoms with E-state index < -0.39 is 0 Å². The molecule has 0 fully saturated rings. The fraction of sp³-hybridized carbons (Fsp3) is 0.222. The molecule has 124 valence electrons. The maximum atomic E-state index is 5.80. The lowest BCUT2D eigenvalue weighted by atomic mass is 10.0. The summed E-state index contributed by atoms with van der Waals surface area (Å²) >= 11 is 0. The molecule has 6 heteroatoms. The largest absolute Gasteiger partial charge is 0.493 e. The second kappa shape index (κ2) is 6.23. The summed E-state index contributed by atoms with van der Waals surface area (Å²) in [6.45, 7) is 0. The SMILES string of the molecule is COc1ccc(-c2ccc3nc(N)nc(N(C)C)c3c2)cc1OC. The van der Waals surface area contributed by atoms with Gasteiger partial charge in [-0.25, -0.2) is 4.98 Å². The van der Waals surface area contributed by atoms with Gasteiger partial charge in [-0.2, -0.15) is 4.98 Å². The van der Waals surface area contributed by atoms with Gasteiger partial charge in [0.1, 0.15) is 5.82 Å². The first-order chi connectivity index (χ1) is 11.5. The van der Waals surface area contributed by atoms with Crippen LogP contribution in [0.3, 0.4) is 0 Å². The number of fused-ring (bicyclic) bond motifs is 1.